The number of para-hydroxylation sites is 1. The van der Waals surface area contributed by atoms with Crippen LogP contribution in [0.2, 0.25) is 0 Å². The largest absolute Gasteiger partial charge is 0.497 e. The molecule has 242 valence electrons. The molecule has 0 unspecified atom stereocenters. The molecule has 0 bridgehead atoms. The van der Waals surface area contributed by atoms with Crippen molar-refractivity contribution < 1.29 is 14.3 Å². The van der Waals surface area contributed by atoms with Gasteiger partial charge in [0.2, 0.25) is 5.91 Å². The number of carbonyl (C=O) groups is 2. The van der Waals surface area contributed by atoms with E-state index in [1.807, 2.05) is 58.3 Å². The quantitative estimate of drug-likeness (QED) is 0.228. The third-order valence-electron chi connectivity index (χ3n) is 9.20. The molecule has 1 aliphatic heterocycles. The third-order valence-corrected chi connectivity index (χ3v) is 9.20. The number of carbonyl (C=O) groups excluding carboxylic acids is 2. The molecule has 7 heteroatoms. The molecule has 0 saturated carbocycles. The number of methoxy groups -OCH3 is 1. The van der Waals surface area contributed by atoms with E-state index < -0.39 is 0 Å². The number of hydrogen-bond donors (Lipinski definition) is 0. The smallest absolute Gasteiger partial charge is 0.254 e. The molecule has 0 spiro atoms. The number of nitrogens with zero attached hydrogens (tertiary/aromatic N) is 4. The summed E-state index contributed by atoms with van der Waals surface area (Å²) in [4.78, 5) is 34.7. The van der Waals surface area contributed by atoms with Gasteiger partial charge < -0.3 is 19.1 Å². The maximum Gasteiger partial charge on any atom is 0.254 e. The van der Waals surface area contributed by atoms with Crippen LogP contribution < -0.4 is 9.64 Å². The number of rotatable bonds is 7. The number of ether oxygens (including phenoxy) is 1. The van der Waals surface area contributed by atoms with Gasteiger partial charge in [-0.1, -0.05) is 42.5 Å². The lowest BCUT2D eigenvalue weighted by Crippen LogP contribution is -2.41. The Bertz CT molecular complexity index is 1640. The lowest BCUT2D eigenvalue weighted by molar-refractivity contribution is -0.118. The van der Waals surface area contributed by atoms with E-state index in [0.29, 0.717) is 37.7 Å². The topological polar surface area (TPSA) is 58.0 Å². The molecule has 1 aromatic heterocycles. The fraction of sp³-hybridized carbons (Fsp3) is 0.385. The number of aryl methyl sites for hydroxylation is 3. The summed E-state index contributed by atoms with van der Waals surface area (Å²) in [5.74, 6) is 0.832. The summed E-state index contributed by atoms with van der Waals surface area (Å²) in [7, 11) is 1.64. The van der Waals surface area contributed by atoms with Gasteiger partial charge in [0.05, 0.1) is 19.2 Å². The number of aromatic nitrogens is 1. The maximum atomic E-state index is 14.3. The van der Waals surface area contributed by atoms with Crippen LogP contribution in [0.25, 0.3) is 0 Å². The Morgan fingerprint density at radius 2 is 1.52 bits per heavy atom. The standard InChI is InChI=1S/C39H48N4O3/c1-28(2)40-20-9-21-42(37(44)25-32-16-18-36(46-6)19-17-32)38-29(3)10-7-13-35(38)27-41(23-22-40)39(45)34-12-8-11-33(24-34)26-43-30(4)14-15-31(43)5/h7-8,10-19,24,28H,9,20-23,25-27H2,1-6H3. The zero-order chi connectivity index (χ0) is 32.8. The third kappa shape index (κ3) is 7.71. The van der Waals surface area contributed by atoms with E-state index in [0.717, 1.165) is 59.7 Å². The van der Waals surface area contributed by atoms with Gasteiger partial charge >= 0.3 is 0 Å². The van der Waals surface area contributed by atoms with E-state index in [1.54, 1.807) is 7.11 Å². The van der Waals surface area contributed by atoms with E-state index in [1.165, 1.54) is 11.4 Å². The van der Waals surface area contributed by atoms with Crippen molar-refractivity contribution in [2.45, 2.75) is 66.6 Å². The molecule has 1 aliphatic rings. The Morgan fingerprint density at radius 3 is 2.22 bits per heavy atom. The first-order chi connectivity index (χ1) is 22.1. The molecule has 0 N–H and O–H groups in total. The van der Waals surface area contributed by atoms with Crippen molar-refractivity contribution in [1.82, 2.24) is 14.4 Å². The van der Waals surface area contributed by atoms with Gasteiger partial charge in [-0.05, 0) is 99.7 Å². The first kappa shape index (κ1) is 33.0. The second-order valence-electron chi connectivity index (χ2n) is 12.8. The maximum absolute atomic E-state index is 14.3. The summed E-state index contributed by atoms with van der Waals surface area (Å²) >= 11 is 0. The van der Waals surface area contributed by atoms with Crippen molar-refractivity contribution in [2.75, 3.05) is 38.2 Å². The molecule has 7 nitrogen and oxygen atoms in total. The molecule has 0 radical (unpaired) electrons. The summed E-state index contributed by atoms with van der Waals surface area (Å²) in [5.41, 5.74) is 8.08. The van der Waals surface area contributed by atoms with Crippen LogP contribution in [0.3, 0.4) is 0 Å². The average Bonchev–Trinajstić information content (AvgIpc) is 3.34. The lowest BCUT2D eigenvalue weighted by Gasteiger charge is -2.30. The van der Waals surface area contributed by atoms with Gasteiger partial charge in [-0.15, -0.1) is 0 Å². The lowest BCUT2D eigenvalue weighted by atomic mass is 10.0. The fourth-order valence-electron chi connectivity index (χ4n) is 6.49. The van der Waals surface area contributed by atoms with E-state index in [4.69, 9.17) is 4.74 Å². The Labute approximate surface area is 274 Å². The van der Waals surface area contributed by atoms with Gasteiger partial charge in [-0.25, -0.2) is 0 Å². The minimum absolute atomic E-state index is 0.00863. The normalized spacial score (nSPS) is 14.6. The zero-order valence-corrected chi connectivity index (χ0v) is 28.3. The molecule has 0 atom stereocenters. The Kier molecular flexibility index (Phi) is 10.6. The molecule has 4 aromatic rings. The average molecular weight is 621 g/mol. The van der Waals surface area contributed by atoms with Crippen molar-refractivity contribution in [3.8, 4) is 5.75 Å². The molecule has 0 aliphatic carbocycles. The van der Waals surface area contributed by atoms with Gasteiger partial charge in [0.1, 0.15) is 5.75 Å². The van der Waals surface area contributed by atoms with Crippen LogP contribution in [-0.2, 0) is 24.3 Å². The highest BCUT2D eigenvalue weighted by molar-refractivity contribution is 5.97. The first-order valence-corrected chi connectivity index (χ1v) is 16.4. The van der Waals surface area contributed by atoms with Crippen LogP contribution in [-0.4, -0.2) is 65.5 Å². The molecular weight excluding hydrogens is 572 g/mol. The monoisotopic (exact) mass is 620 g/mol. The predicted molar refractivity (Wildman–Crippen MR) is 186 cm³/mol. The number of anilines is 1. The Morgan fingerprint density at radius 1 is 0.804 bits per heavy atom. The van der Waals surface area contributed by atoms with E-state index >= 15 is 0 Å². The van der Waals surface area contributed by atoms with Crippen molar-refractivity contribution in [3.63, 3.8) is 0 Å². The molecule has 0 fully saturated rings. The van der Waals surface area contributed by atoms with Gasteiger partial charge in [-0.3, -0.25) is 14.5 Å². The first-order valence-electron chi connectivity index (χ1n) is 16.4. The van der Waals surface area contributed by atoms with Crippen molar-refractivity contribution in [2.24, 2.45) is 0 Å². The number of benzene rings is 3. The SMILES string of the molecule is COc1ccc(CC(=O)N2CCCN(C(C)C)CCN(C(=O)c3cccc(Cn4c(C)ccc4C)c3)Cc3cccc(C)c32)cc1. The minimum atomic E-state index is 0.00863. The molecule has 5 rings (SSSR count). The highest BCUT2D eigenvalue weighted by Crippen LogP contribution is 2.29. The summed E-state index contributed by atoms with van der Waals surface area (Å²) in [6.07, 6.45) is 1.13. The van der Waals surface area contributed by atoms with Crippen LogP contribution in [0.15, 0.2) is 78.9 Å². The molecule has 2 heterocycles. The molecule has 0 saturated heterocycles. The fourth-order valence-corrected chi connectivity index (χ4v) is 6.49. The molecule has 46 heavy (non-hydrogen) atoms. The minimum Gasteiger partial charge on any atom is -0.497 e. The number of amides is 2. The summed E-state index contributed by atoms with van der Waals surface area (Å²) in [6.45, 7) is 14.7. The van der Waals surface area contributed by atoms with Crippen LogP contribution in [0, 0.1) is 20.8 Å². The van der Waals surface area contributed by atoms with Crippen molar-refractivity contribution >= 4 is 17.5 Å². The van der Waals surface area contributed by atoms with Crippen LogP contribution in [0.4, 0.5) is 5.69 Å². The van der Waals surface area contributed by atoms with Crippen LogP contribution >= 0.6 is 0 Å². The Balaban J connectivity index is 1.47. The van der Waals surface area contributed by atoms with E-state index in [2.05, 4.69) is 74.4 Å². The Hall–Kier alpha value is -4.36. The van der Waals surface area contributed by atoms with Gasteiger partial charge in [0, 0.05) is 62.3 Å². The number of hydrogen-bond acceptors (Lipinski definition) is 4. The van der Waals surface area contributed by atoms with Crippen molar-refractivity contribution in [1.29, 1.82) is 0 Å². The second-order valence-corrected chi connectivity index (χ2v) is 12.8. The summed E-state index contributed by atoms with van der Waals surface area (Å²) in [5, 5.41) is 0. The summed E-state index contributed by atoms with van der Waals surface area (Å²) < 4.78 is 7.59. The van der Waals surface area contributed by atoms with E-state index in [9.17, 15) is 9.59 Å². The van der Waals surface area contributed by atoms with Crippen molar-refractivity contribution in [3.05, 3.63) is 118 Å². The molecule has 2 amide bonds. The second kappa shape index (κ2) is 14.8. The van der Waals surface area contributed by atoms with Gasteiger partial charge in [0.15, 0.2) is 0 Å². The molecular formula is C39H48N4O3. The predicted octanol–water partition coefficient (Wildman–Crippen LogP) is 6.80. The van der Waals surface area contributed by atoms with Gasteiger partial charge in [0.25, 0.3) is 5.91 Å². The van der Waals surface area contributed by atoms with Crippen LogP contribution in [0.5, 0.6) is 5.75 Å². The summed E-state index contributed by atoms with van der Waals surface area (Å²) in [6, 6.07) is 26.5. The highest BCUT2D eigenvalue weighted by atomic mass is 16.5. The van der Waals surface area contributed by atoms with Gasteiger partial charge in [-0.2, -0.15) is 0 Å². The molecule has 3 aromatic carbocycles. The van der Waals surface area contributed by atoms with Crippen LogP contribution in [0.1, 0.15) is 64.3 Å². The van der Waals surface area contributed by atoms with E-state index in [-0.39, 0.29) is 11.8 Å². The highest BCUT2D eigenvalue weighted by Gasteiger charge is 2.26. The zero-order valence-electron chi connectivity index (χ0n) is 28.3. The number of fused-ring (bicyclic) bond motifs is 1.